The van der Waals surface area contributed by atoms with Gasteiger partial charge in [-0.3, -0.25) is 9.59 Å². The van der Waals surface area contributed by atoms with E-state index in [4.69, 9.17) is 10.5 Å². The Hall–Kier alpha value is -4.06. The van der Waals surface area contributed by atoms with Crippen LogP contribution in [0.4, 0.5) is 16.0 Å². The Morgan fingerprint density at radius 1 is 1.21 bits per heavy atom. The molecule has 0 bridgehead atoms. The number of hydrogen-bond acceptors (Lipinski definition) is 9. The fourth-order valence-corrected chi connectivity index (χ4v) is 5.19. The number of pyridine rings is 2. The molecule has 0 spiro atoms. The van der Waals surface area contributed by atoms with Gasteiger partial charge in [0.25, 0.3) is 15.9 Å². The minimum absolute atomic E-state index is 0. The van der Waals surface area contributed by atoms with Crippen molar-refractivity contribution in [2.75, 3.05) is 23.8 Å². The number of anilines is 2. The number of ketones is 1. The van der Waals surface area contributed by atoms with Crippen LogP contribution in [0.3, 0.4) is 0 Å². The van der Waals surface area contributed by atoms with Crippen LogP contribution in [0.1, 0.15) is 48.8 Å². The molecule has 10 nitrogen and oxygen atoms in total. The third kappa shape index (κ3) is 6.33. The lowest BCUT2D eigenvalue weighted by Gasteiger charge is -2.33. The normalized spacial score (nSPS) is 15.0. The molecule has 0 aliphatic carbocycles. The van der Waals surface area contributed by atoms with E-state index in [2.05, 4.69) is 9.97 Å². The fraction of sp³-hybridized carbons (Fsp3) is 0.333. The summed E-state index contributed by atoms with van der Waals surface area (Å²) >= 11 is 0. The molecule has 39 heavy (non-hydrogen) atoms. The highest BCUT2D eigenvalue weighted by Crippen LogP contribution is 2.35. The van der Waals surface area contributed by atoms with Gasteiger partial charge in [0.1, 0.15) is 23.2 Å². The second kappa shape index (κ2) is 10.6. The van der Waals surface area contributed by atoms with E-state index < -0.39 is 32.3 Å². The number of hydrogen-bond donors (Lipinski definition) is 2. The van der Waals surface area contributed by atoms with Crippen LogP contribution in [0, 0.1) is 11.7 Å². The molecule has 4 rings (SSSR count). The molecule has 1 aromatic carbocycles. The second-order valence-electron chi connectivity index (χ2n) is 10.4. The molecule has 0 atom stereocenters. The molecule has 0 radical (unpaired) electrons. The maximum Gasteiger partial charge on any atom is 0.281 e. The van der Waals surface area contributed by atoms with Crippen LogP contribution in [-0.4, -0.2) is 48.8 Å². The number of Topliss-reactive ketones (excluding diaryl/α,β-unsaturated/α-hetero) is 1. The number of carbonyl (C=O) groups excluding carboxylic acids is 2. The zero-order valence-electron chi connectivity index (χ0n) is 22.1. The molecule has 0 unspecified atom stereocenters. The molecular formula is C27H36FN5O5S. The van der Waals surface area contributed by atoms with Gasteiger partial charge in [-0.2, -0.15) is 8.42 Å². The number of nitrogens with one attached hydrogen (secondary N) is 1. The van der Waals surface area contributed by atoms with Crippen LogP contribution in [0.2, 0.25) is 0 Å². The number of nitrogen functional groups attached to an aromatic ring is 1. The molecule has 2 aromatic heterocycles. The van der Waals surface area contributed by atoms with Gasteiger partial charge in [-0.05, 0) is 56.2 Å². The van der Waals surface area contributed by atoms with Gasteiger partial charge in [0.15, 0.2) is 10.8 Å². The first-order valence-electron chi connectivity index (χ1n) is 12.3. The van der Waals surface area contributed by atoms with E-state index in [1.807, 2.05) is 32.4 Å². The highest BCUT2D eigenvalue weighted by molar-refractivity contribution is 7.90. The summed E-state index contributed by atoms with van der Waals surface area (Å²) in [5, 5.41) is -0.424. The van der Waals surface area contributed by atoms with E-state index in [-0.39, 0.29) is 46.1 Å². The molecule has 1 amide bonds. The molecule has 12 heteroatoms. The van der Waals surface area contributed by atoms with Crippen molar-refractivity contribution in [3.8, 4) is 17.0 Å². The summed E-state index contributed by atoms with van der Waals surface area (Å²) < 4.78 is 47.9. The predicted octanol–water partition coefficient (Wildman–Crippen LogP) is 4.31. The molecular weight excluding hydrogens is 525 g/mol. The van der Waals surface area contributed by atoms with Gasteiger partial charge in [0, 0.05) is 27.9 Å². The second-order valence-corrected chi connectivity index (χ2v) is 12.0. The van der Waals surface area contributed by atoms with Crippen LogP contribution < -0.4 is 20.1 Å². The van der Waals surface area contributed by atoms with Crippen molar-refractivity contribution in [1.29, 1.82) is 0 Å². The van der Waals surface area contributed by atoms with Crippen molar-refractivity contribution >= 4 is 33.3 Å². The van der Waals surface area contributed by atoms with Crippen molar-refractivity contribution < 1.29 is 31.4 Å². The first-order valence-corrected chi connectivity index (χ1v) is 13.8. The average molecular weight is 562 g/mol. The van der Waals surface area contributed by atoms with Crippen LogP contribution in [0.25, 0.3) is 11.3 Å². The van der Waals surface area contributed by atoms with Crippen molar-refractivity contribution in [2.24, 2.45) is 5.92 Å². The summed E-state index contributed by atoms with van der Waals surface area (Å²) in [6.45, 7) is 7.95. The van der Waals surface area contributed by atoms with Crippen LogP contribution in [0.15, 0.2) is 53.6 Å². The summed E-state index contributed by atoms with van der Waals surface area (Å²) in [6, 6.07) is 11.1. The lowest BCUT2D eigenvalue weighted by Crippen LogP contribution is -2.41. The maximum atomic E-state index is 14.5. The highest BCUT2D eigenvalue weighted by Gasteiger charge is 2.40. The van der Waals surface area contributed by atoms with Gasteiger partial charge in [0.2, 0.25) is 0 Å². The van der Waals surface area contributed by atoms with Gasteiger partial charge in [-0.1, -0.05) is 19.9 Å². The quantitative estimate of drug-likeness (QED) is 0.411. The number of nitrogens with two attached hydrogens (primary N) is 1. The number of rotatable bonds is 8. The number of aromatic nitrogens is 2. The Labute approximate surface area is 230 Å². The Bertz CT molecular complexity index is 1560. The molecule has 3 heterocycles. The maximum absolute atomic E-state index is 14.5. The van der Waals surface area contributed by atoms with Gasteiger partial charge in [-0.25, -0.2) is 19.1 Å². The molecule has 3 N–H and O–H groups in total. The van der Waals surface area contributed by atoms with Crippen molar-refractivity contribution in [3.63, 3.8) is 0 Å². The zero-order valence-corrected chi connectivity index (χ0v) is 22.9. The summed E-state index contributed by atoms with van der Waals surface area (Å²) in [6.07, 6.45) is 0.207. The van der Waals surface area contributed by atoms with Crippen LogP contribution in [0.5, 0.6) is 5.75 Å². The molecule has 1 fully saturated rings. The number of amides is 1. The molecule has 3 aromatic rings. The third-order valence-corrected chi connectivity index (χ3v) is 7.30. The Balaban J connectivity index is 0.00000294. The minimum Gasteiger partial charge on any atom is -0.493 e. The van der Waals surface area contributed by atoms with Crippen molar-refractivity contribution in [3.05, 3.63) is 59.9 Å². The monoisotopic (exact) mass is 561 g/mol. The lowest BCUT2D eigenvalue weighted by molar-refractivity contribution is -0.116. The van der Waals surface area contributed by atoms with E-state index in [0.29, 0.717) is 23.6 Å². The first kappa shape index (κ1) is 28.0. The average Bonchev–Trinajstić information content (AvgIpc) is 3.13. The number of nitrogens with zero attached hydrogens (tertiary/aromatic N) is 3. The summed E-state index contributed by atoms with van der Waals surface area (Å²) in [5.74, 6) is -0.955. The van der Waals surface area contributed by atoms with Gasteiger partial charge < -0.3 is 15.4 Å². The van der Waals surface area contributed by atoms with Crippen LogP contribution >= 0.6 is 0 Å². The van der Waals surface area contributed by atoms with E-state index in [0.717, 1.165) is 0 Å². The smallest absolute Gasteiger partial charge is 0.281 e. The topological polar surface area (TPSA) is 145 Å². The molecule has 1 aliphatic heterocycles. The standard InChI is InChI=1S/C27H30FN5O5S.3H2/c1-16(2)15-38-20-11-17(10-18(28)12-20)22-9-8-21(25(30-22)33-14-19(34)13-27(33,3)4)26(35)32-39(36,37)24-7-5-6-23(29)31-24;;;/h5-12,16H,13-15H2,1-4H3,(H2,29,31)(H,32,35);3*1H. The lowest BCUT2D eigenvalue weighted by atomic mass is 10.0. The SMILES string of the molecule is CC(C)COc1cc(F)cc(-c2ccc(C(=O)NS(=O)(=O)c3cccc(N)n3)c(N3CC(=O)CC3(C)C)n2)c1.[HH].[HH].[HH]. The van der Waals surface area contributed by atoms with Crippen molar-refractivity contribution in [2.45, 2.75) is 44.7 Å². The number of carbonyl (C=O) groups is 2. The van der Waals surface area contributed by atoms with Gasteiger partial charge in [-0.15, -0.1) is 0 Å². The van der Waals surface area contributed by atoms with Crippen molar-refractivity contribution in [1.82, 2.24) is 14.7 Å². The van der Waals surface area contributed by atoms with E-state index in [9.17, 15) is 22.4 Å². The van der Waals surface area contributed by atoms with Crippen LogP contribution in [-0.2, 0) is 14.8 Å². The Morgan fingerprint density at radius 3 is 2.59 bits per heavy atom. The Morgan fingerprint density at radius 2 is 1.95 bits per heavy atom. The third-order valence-electron chi connectivity index (χ3n) is 6.07. The number of benzene rings is 1. The fourth-order valence-electron chi connectivity index (χ4n) is 4.24. The summed E-state index contributed by atoms with van der Waals surface area (Å²) in [4.78, 5) is 35.8. The van der Waals surface area contributed by atoms with Gasteiger partial charge >= 0.3 is 0 Å². The zero-order chi connectivity index (χ0) is 28.5. The predicted molar refractivity (Wildman–Crippen MR) is 151 cm³/mol. The number of ether oxygens (including phenoxy) is 1. The molecule has 0 saturated carbocycles. The number of halogens is 1. The molecule has 1 saturated heterocycles. The largest absolute Gasteiger partial charge is 0.493 e. The first-order chi connectivity index (χ1) is 18.2. The highest BCUT2D eigenvalue weighted by atomic mass is 32.2. The molecule has 1 aliphatic rings. The minimum atomic E-state index is -4.37. The van der Waals surface area contributed by atoms with E-state index in [1.54, 1.807) is 11.0 Å². The summed E-state index contributed by atoms with van der Waals surface area (Å²) in [5.41, 5.74) is 5.51. The Kier molecular flexibility index (Phi) is 7.60. The molecule has 212 valence electrons. The van der Waals surface area contributed by atoms with E-state index in [1.165, 1.54) is 42.5 Å². The number of sulfonamides is 1. The summed E-state index contributed by atoms with van der Waals surface area (Å²) in [7, 11) is -4.37. The van der Waals surface area contributed by atoms with Gasteiger partial charge in [0.05, 0.1) is 24.4 Å². The van der Waals surface area contributed by atoms with E-state index >= 15 is 0 Å².